The Hall–Kier alpha value is -0.650. The molecule has 0 unspecified atom stereocenters. The first-order valence-electron chi connectivity index (χ1n) is 4.35. The zero-order valence-electron chi connectivity index (χ0n) is 7.14. The van der Waals surface area contributed by atoms with Crippen LogP contribution in [0.4, 0.5) is 0 Å². The second-order valence-electron chi connectivity index (χ2n) is 3.52. The van der Waals surface area contributed by atoms with E-state index in [9.17, 15) is 4.79 Å². The van der Waals surface area contributed by atoms with Gasteiger partial charge >= 0.3 is 5.97 Å². The van der Waals surface area contributed by atoms with Gasteiger partial charge in [0.2, 0.25) is 0 Å². The molecule has 13 heavy (non-hydrogen) atoms. The number of epoxide rings is 1. The molecule has 0 amide bonds. The zero-order valence-corrected chi connectivity index (χ0v) is 7.14. The van der Waals surface area contributed by atoms with Gasteiger partial charge < -0.3 is 18.9 Å². The molecule has 0 aliphatic carbocycles. The van der Waals surface area contributed by atoms with Crippen LogP contribution in [0.1, 0.15) is 6.92 Å². The Morgan fingerprint density at radius 2 is 2.23 bits per heavy atom. The monoisotopic (exact) mass is 186 g/mol. The molecule has 3 saturated heterocycles. The van der Waals surface area contributed by atoms with E-state index in [1.54, 1.807) is 0 Å². The first kappa shape index (κ1) is 7.73. The zero-order chi connectivity index (χ0) is 9.00. The highest BCUT2D eigenvalue weighted by atomic mass is 16.8. The summed E-state index contributed by atoms with van der Waals surface area (Å²) < 4.78 is 21.1. The minimum Gasteiger partial charge on any atom is -0.457 e. The van der Waals surface area contributed by atoms with Gasteiger partial charge in [0.1, 0.15) is 18.3 Å². The van der Waals surface area contributed by atoms with E-state index in [1.165, 1.54) is 6.92 Å². The van der Waals surface area contributed by atoms with Gasteiger partial charge in [-0.3, -0.25) is 4.79 Å². The Bertz CT molecular complexity index is 253. The van der Waals surface area contributed by atoms with Gasteiger partial charge in [0.05, 0.1) is 6.61 Å². The molecule has 3 aliphatic rings. The molecule has 0 aromatic rings. The van der Waals surface area contributed by atoms with Gasteiger partial charge in [0.15, 0.2) is 12.4 Å². The highest BCUT2D eigenvalue weighted by Gasteiger charge is 2.63. The Morgan fingerprint density at radius 3 is 3.00 bits per heavy atom. The lowest BCUT2D eigenvalue weighted by Gasteiger charge is -2.23. The second-order valence-corrected chi connectivity index (χ2v) is 3.52. The molecule has 5 atom stereocenters. The molecule has 0 saturated carbocycles. The summed E-state index contributed by atoms with van der Waals surface area (Å²) in [6.45, 7) is 1.89. The molecular weight excluding hydrogens is 176 g/mol. The maximum atomic E-state index is 10.8. The summed E-state index contributed by atoms with van der Waals surface area (Å²) in [6, 6.07) is 0. The highest BCUT2D eigenvalue weighted by Crippen LogP contribution is 2.42. The third-order valence-electron chi connectivity index (χ3n) is 2.56. The summed E-state index contributed by atoms with van der Waals surface area (Å²) in [6.07, 6.45) is -0.682. The van der Waals surface area contributed by atoms with E-state index in [1.807, 2.05) is 0 Å². The van der Waals surface area contributed by atoms with Crippen LogP contribution in [-0.4, -0.2) is 43.3 Å². The Balaban J connectivity index is 1.76. The number of hydrogen-bond acceptors (Lipinski definition) is 5. The van der Waals surface area contributed by atoms with Crippen LogP contribution in [0, 0.1) is 0 Å². The van der Waals surface area contributed by atoms with E-state index >= 15 is 0 Å². The average molecular weight is 186 g/mol. The van der Waals surface area contributed by atoms with Crippen molar-refractivity contribution in [2.75, 3.05) is 6.61 Å². The first-order chi connectivity index (χ1) is 6.25. The molecule has 0 spiro atoms. The van der Waals surface area contributed by atoms with Crippen LogP contribution < -0.4 is 0 Å². The van der Waals surface area contributed by atoms with Crippen LogP contribution in [0.3, 0.4) is 0 Å². The molecule has 3 aliphatic heterocycles. The topological polar surface area (TPSA) is 57.3 Å². The van der Waals surface area contributed by atoms with Crippen molar-refractivity contribution in [1.29, 1.82) is 0 Å². The summed E-state index contributed by atoms with van der Waals surface area (Å²) >= 11 is 0. The predicted octanol–water partition coefficient (Wildman–Crippen LogP) is -0.559. The van der Waals surface area contributed by atoms with Gasteiger partial charge in [-0.1, -0.05) is 0 Å². The Morgan fingerprint density at radius 1 is 1.38 bits per heavy atom. The van der Waals surface area contributed by atoms with E-state index in [0.717, 1.165) is 0 Å². The molecule has 72 valence electrons. The van der Waals surface area contributed by atoms with Gasteiger partial charge in [-0.15, -0.1) is 0 Å². The van der Waals surface area contributed by atoms with Gasteiger partial charge in [0.25, 0.3) is 0 Å². The van der Waals surface area contributed by atoms with Crippen molar-refractivity contribution < 1.29 is 23.7 Å². The molecule has 5 nitrogen and oxygen atoms in total. The largest absolute Gasteiger partial charge is 0.457 e. The first-order valence-corrected chi connectivity index (χ1v) is 4.35. The van der Waals surface area contributed by atoms with Crippen molar-refractivity contribution in [2.45, 2.75) is 37.6 Å². The summed E-state index contributed by atoms with van der Waals surface area (Å²) in [5.74, 6) is -0.298. The molecule has 3 heterocycles. The van der Waals surface area contributed by atoms with Crippen molar-refractivity contribution in [3.05, 3.63) is 0 Å². The number of esters is 1. The van der Waals surface area contributed by atoms with E-state index in [-0.39, 0.29) is 36.7 Å². The maximum absolute atomic E-state index is 10.8. The lowest BCUT2D eigenvalue weighted by molar-refractivity contribution is -0.160. The summed E-state index contributed by atoms with van der Waals surface area (Å²) in [7, 11) is 0. The SMILES string of the molecule is CC(=O)O[C@@H]1[C@@H]2O[C@@H]2[C@@H]2OC[C@H]1O2. The predicted molar refractivity (Wildman–Crippen MR) is 38.8 cm³/mol. The van der Waals surface area contributed by atoms with Crippen LogP contribution in [0.15, 0.2) is 0 Å². The van der Waals surface area contributed by atoms with Crippen LogP contribution in [0.5, 0.6) is 0 Å². The quantitative estimate of drug-likeness (QED) is 0.406. The van der Waals surface area contributed by atoms with Crippen molar-refractivity contribution in [2.24, 2.45) is 0 Å². The number of fused-ring (bicyclic) bond motifs is 4. The van der Waals surface area contributed by atoms with Crippen molar-refractivity contribution in [3.63, 3.8) is 0 Å². The molecule has 0 N–H and O–H groups in total. The van der Waals surface area contributed by atoms with Crippen LogP contribution in [0.2, 0.25) is 0 Å². The molecular formula is C8H10O5. The van der Waals surface area contributed by atoms with Crippen LogP contribution >= 0.6 is 0 Å². The van der Waals surface area contributed by atoms with E-state index in [4.69, 9.17) is 18.9 Å². The van der Waals surface area contributed by atoms with Gasteiger partial charge in [0, 0.05) is 6.92 Å². The lowest BCUT2D eigenvalue weighted by Crippen LogP contribution is -2.42. The van der Waals surface area contributed by atoms with E-state index in [2.05, 4.69) is 0 Å². The number of carbonyl (C=O) groups excluding carboxylic acids is 1. The second kappa shape index (κ2) is 2.43. The summed E-state index contributed by atoms with van der Waals surface area (Å²) in [5.41, 5.74) is 0. The molecule has 3 rings (SSSR count). The average Bonchev–Trinajstić information content (AvgIpc) is 2.74. The van der Waals surface area contributed by atoms with Crippen molar-refractivity contribution in [3.8, 4) is 0 Å². The molecule has 3 fully saturated rings. The minimum absolute atomic E-state index is 0.00449. The van der Waals surface area contributed by atoms with E-state index < -0.39 is 0 Å². The molecule has 0 aromatic carbocycles. The molecule has 0 radical (unpaired) electrons. The summed E-state index contributed by atoms with van der Waals surface area (Å²) in [5, 5.41) is 0. The molecule has 2 bridgehead atoms. The molecule has 5 heteroatoms. The third-order valence-corrected chi connectivity index (χ3v) is 2.56. The number of hydrogen-bond donors (Lipinski definition) is 0. The lowest BCUT2D eigenvalue weighted by atomic mass is 10.1. The minimum atomic E-state index is -0.298. The molecule has 0 aromatic heterocycles. The number of ether oxygens (including phenoxy) is 4. The van der Waals surface area contributed by atoms with Gasteiger partial charge in [-0.25, -0.2) is 0 Å². The van der Waals surface area contributed by atoms with Crippen molar-refractivity contribution >= 4 is 5.97 Å². The fourth-order valence-electron chi connectivity index (χ4n) is 1.95. The highest BCUT2D eigenvalue weighted by molar-refractivity contribution is 5.66. The normalized spacial score (nSPS) is 51.3. The Labute approximate surface area is 74.9 Å². The third kappa shape index (κ3) is 1.08. The fraction of sp³-hybridized carbons (Fsp3) is 0.875. The Kier molecular flexibility index (Phi) is 1.45. The summed E-state index contributed by atoms with van der Waals surface area (Å²) in [4.78, 5) is 10.8. The van der Waals surface area contributed by atoms with Crippen LogP contribution in [-0.2, 0) is 23.7 Å². The van der Waals surface area contributed by atoms with E-state index in [0.29, 0.717) is 6.61 Å². The maximum Gasteiger partial charge on any atom is 0.303 e. The standard InChI is InChI=1S/C8H10O5/c1-3(9)11-5-4-2-10-8(12-4)7-6(5)13-7/h4-8H,2H2,1H3/t4-,5+,6+,7+,8-/m1/s1. The fourth-order valence-corrected chi connectivity index (χ4v) is 1.95. The van der Waals surface area contributed by atoms with Crippen molar-refractivity contribution in [1.82, 2.24) is 0 Å². The number of rotatable bonds is 1. The smallest absolute Gasteiger partial charge is 0.303 e. The van der Waals surface area contributed by atoms with Gasteiger partial charge in [-0.05, 0) is 0 Å². The van der Waals surface area contributed by atoms with Gasteiger partial charge in [-0.2, -0.15) is 0 Å². The van der Waals surface area contributed by atoms with Crippen LogP contribution in [0.25, 0.3) is 0 Å². The number of carbonyl (C=O) groups is 1.